The van der Waals surface area contributed by atoms with Crippen LogP contribution in [0, 0.1) is 0 Å². The molecule has 1 aliphatic heterocycles. The Balaban J connectivity index is 2.11. The Morgan fingerprint density at radius 2 is 1.82 bits per heavy atom. The molecule has 3 rings (SSSR count). The fourth-order valence-corrected chi connectivity index (χ4v) is 3.93. The van der Waals surface area contributed by atoms with E-state index in [4.69, 9.17) is 26.4 Å². The largest absolute Gasteiger partial charge is 0.497 e. The number of esters is 1. The van der Waals surface area contributed by atoms with Crippen molar-refractivity contribution in [2.75, 3.05) is 25.7 Å². The third-order valence-electron chi connectivity index (χ3n) is 5.05. The molecule has 0 saturated carbocycles. The van der Waals surface area contributed by atoms with Gasteiger partial charge in [-0.15, -0.1) is 0 Å². The molecule has 0 bridgehead atoms. The lowest BCUT2D eigenvalue weighted by molar-refractivity contribution is -0.139. The Morgan fingerprint density at radius 1 is 1.12 bits per heavy atom. The highest BCUT2D eigenvalue weighted by molar-refractivity contribution is 7.80. The first-order valence-electron chi connectivity index (χ1n) is 10.1. The predicted octanol–water partition coefficient (Wildman–Crippen LogP) is 4.58. The summed E-state index contributed by atoms with van der Waals surface area (Å²) in [7, 11) is 2.92. The van der Waals surface area contributed by atoms with E-state index >= 15 is 0 Å². The lowest BCUT2D eigenvalue weighted by Crippen LogP contribution is -2.48. The van der Waals surface area contributed by atoms with E-state index in [1.807, 2.05) is 0 Å². The zero-order valence-electron chi connectivity index (χ0n) is 18.6. The molecule has 0 aromatic heterocycles. The van der Waals surface area contributed by atoms with Gasteiger partial charge in [0.25, 0.3) is 0 Å². The molecule has 0 fully saturated rings. The standard InChI is InChI=1S/C23H24F2N2O5S/c1-5-31-21(28)19-13(2)27(15-7-9-16(29-3)10-8-15)23(33)26-20(19)14-6-11-17(30-4)18(12-14)32-22(24)25/h6-12,20,22H,5H2,1-4H3,(H,26,33). The molecule has 1 heterocycles. The van der Waals surface area contributed by atoms with E-state index < -0.39 is 18.6 Å². The third-order valence-corrected chi connectivity index (χ3v) is 5.35. The average molecular weight is 479 g/mol. The van der Waals surface area contributed by atoms with Crippen LogP contribution >= 0.6 is 12.2 Å². The maximum absolute atomic E-state index is 13.0. The topological polar surface area (TPSA) is 69.3 Å². The third kappa shape index (κ3) is 5.16. The lowest BCUT2D eigenvalue weighted by atomic mass is 9.94. The average Bonchev–Trinajstić information content (AvgIpc) is 2.78. The van der Waals surface area contributed by atoms with Gasteiger partial charge in [0.2, 0.25) is 0 Å². The second-order valence-corrected chi connectivity index (χ2v) is 7.31. The molecule has 0 amide bonds. The van der Waals surface area contributed by atoms with Crippen molar-refractivity contribution < 1.29 is 32.5 Å². The van der Waals surface area contributed by atoms with Gasteiger partial charge in [-0.2, -0.15) is 8.78 Å². The van der Waals surface area contributed by atoms with Crippen molar-refractivity contribution in [3.8, 4) is 17.2 Å². The van der Waals surface area contributed by atoms with Gasteiger partial charge in [0.15, 0.2) is 16.6 Å². The number of allylic oxidation sites excluding steroid dienone is 1. The Labute approximate surface area is 195 Å². The Bertz CT molecular complexity index is 1060. The van der Waals surface area contributed by atoms with Gasteiger partial charge in [-0.25, -0.2) is 4.79 Å². The fraction of sp³-hybridized carbons (Fsp3) is 0.304. The molecule has 0 aliphatic carbocycles. The van der Waals surface area contributed by atoms with Crippen LogP contribution in [0.5, 0.6) is 17.2 Å². The summed E-state index contributed by atoms with van der Waals surface area (Å²) in [5, 5.41) is 3.45. The number of thiocarbonyl (C=S) groups is 1. The Hall–Kier alpha value is -3.40. The van der Waals surface area contributed by atoms with Crippen LogP contribution in [0.2, 0.25) is 0 Å². The number of carbonyl (C=O) groups excluding carboxylic acids is 1. The minimum Gasteiger partial charge on any atom is -0.497 e. The van der Waals surface area contributed by atoms with Crippen LogP contribution < -0.4 is 24.4 Å². The lowest BCUT2D eigenvalue weighted by Gasteiger charge is -2.37. The van der Waals surface area contributed by atoms with E-state index in [0.29, 0.717) is 27.8 Å². The smallest absolute Gasteiger partial charge is 0.387 e. The Morgan fingerprint density at radius 3 is 2.39 bits per heavy atom. The maximum atomic E-state index is 13.0. The maximum Gasteiger partial charge on any atom is 0.387 e. The van der Waals surface area contributed by atoms with Crippen molar-refractivity contribution in [2.24, 2.45) is 0 Å². The molecule has 0 spiro atoms. The van der Waals surface area contributed by atoms with Crippen molar-refractivity contribution >= 4 is 29.0 Å². The van der Waals surface area contributed by atoms with Gasteiger partial charge in [-0.05, 0) is 68.0 Å². The highest BCUT2D eigenvalue weighted by atomic mass is 32.1. The summed E-state index contributed by atoms with van der Waals surface area (Å²) < 4.78 is 46.1. The zero-order chi connectivity index (χ0) is 24.1. The second-order valence-electron chi connectivity index (χ2n) is 6.92. The molecular formula is C23H24F2N2O5S. The van der Waals surface area contributed by atoms with Gasteiger partial charge in [0.05, 0.1) is 32.4 Å². The van der Waals surface area contributed by atoms with Crippen LogP contribution in [0.4, 0.5) is 14.5 Å². The molecule has 2 aromatic carbocycles. The molecule has 33 heavy (non-hydrogen) atoms. The fourth-order valence-electron chi connectivity index (χ4n) is 3.57. The van der Waals surface area contributed by atoms with E-state index in [1.165, 1.54) is 19.2 Å². The number of rotatable bonds is 8. The first kappa shape index (κ1) is 24.2. The summed E-state index contributed by atoms with van der Waals surface area (Å²) in [5.74, 6) is 0.0945. The highest BCUT2D eigenvalue weighted by Gasteiger charge is 2.36. The molecule has 0 radical (unpaired) electrons. The summed E-state index contributed by atoms with van der Waals surface area (Å²) in [6.45, 7) is 0.572. The quantitative estimate of drug-likeness (QED) is 0.437. The number of halogens is 2. The van der Waals surface area contributed by atoms with E-state index in [9.17, 15) is 13.6 Å². The number of hydrogen-bond acceptors (Lipinski definition) is 6. The van der Waals surface area contributed by atoms with Gasteiger partial charge in [0.1, 0.15) is 5.75 Å². The van der Waals surface area contributed by atoms with Crippen molar-refractivity contribution in [2.45, 2.75) is 26.5 Å². The first-order valence-corrected chi connectivity index (χ1v) is 10.5. The molecule has 1 aliphatic rings. The zero-order valence-corrected chi connectivity index (χ0v) is 19.4. The van der Waals surface area contributed by atoms with Crippen molar-refractivity contribution in [1.29, 1.82) is 0 Å². The highest BCUT2D eigenvalue weighted by Crippen LogP contribution is 2.38. The van der Waals surface area contributed by atoms with Crippen LogP contribution in [-0.2, 0) is 9.53 Å². The predicted molar refractivity (Wildman–Crippen MR) is 123 cm³/mol. The number of ether oxygens (including phenoxy) is 4. The summed E-state index contributed by atoms with van der Waals surface area (Å²) in [6.07, 6.45) is 0. The molecule has 2 aromatic rings. The van der Waals surface area contributed by atoms with E-state index in [1.54, 1.807) is 56.2 Å². The number of nitrogens with one attached hydrogen (secondary N) is 1. The number of carbonyl (C=O) groups is 1. The minimum atomic E-state index is -3.04. The normalized spacial score (nSPS) is 15.9. The summed E-state index contributed by atoms with van der Waals surface area (Å²) in [4.78, 5) is 14.7. The number of methoxy groups -OCH3 is 2. The van der Waals surface area contributed by atoms with Crippen LogP contribution in [-0.4, -0.2) is 38.5 Å². The molecule has 176 valence electrons. The van der Waals surface area contributed by atoms with Gasteiger partial charge < -0.3 is 24.3 Å². The molecule has 10 heteroatoms. The number of nitrogens with zero attached hydrogens (tertiary/aromatic N) is 1. The molecular weight excluding hydrogens is 454 g/mol. The summed E-state index contributed by atoms with van der Waals surface area (Å²) in [5.41, 5.74) is 2.02. The number of hydrogen-bond donors (Lipinski definition) is 1. The molecule has 1 N–H and O–H groups in total. The molecule has 0 saturated heterocycles. The molecule has 1 atom stereocenters. The van der Waals surface area contributed by atoms with Crippen LogP contribution in [0.25, 0.3) is 0 Å². The van der Waals surface area contributed by atoms with Gasteiger partial charge in [-0.3, -0.25) is 4.90 Å². The van der Waals surface area contributed by atoms with Crippen molar-refractivity contribution in [3.05, 3.63) is 59.3 Å². The molecule has 7 nitrogen and oxygen atoms in total. The van der Waals surface area contributed by atoms with Crippen LogP contribution in [0.15, 0.2) is 53.7 Å². The number of alkyl halides is 2. The van der Waals surface area contributed by atoms with E-state index in [2.05, 4.69) is 10.1 Å². The van der Waals surface area contributed by atoms with Crippen molar-refractivity contribution in [1.82, 2.24) is 5.32 Å². The SMILES string of the molecule is CCOC(=O)C1=C(C)N(c2ccc(OC)cc2)C(=S)NC1c1ccc(OC)c(OC(F)F)c1. The van der Waals surface area contributed by atoms with Crippen LogP contribution in [0.3, 0.4) is 0 Å². The number of benzene rings is 2. The van der Waals surface area contributed by atoms with Gasteiger partial charge >= 0.3 is 12.6 Å². The van der Waals surface area contributed by atoms with Crippen molar-refractivity contribution in [3.63, 3.8) is 0 Å². The van der Waals surface area contributed by atoms with Gasteiger partial charge in [0, 0.05) is 11.4 Å². The van der Waals surface area contributed by atoms with Crippen LogP contribution in [0.1, 0.15) is 25.5 Å². The monoisotopic (exact) mass is 478 g/mol. The van der Waals surface area contributed by atoms with E-state index in [-0.39, 0.29) is 23.7 Å². The van der Waals surface area contributed by atoms with Gasteiger partial charge in [-0.1, -0.05) is 6.07 Å². The summed E-state index contributed by atoms with van der Waals surface area (Å²) >= 11 is 5.60. The summed E-state index contributed by atoms with van der Waals surface area (Å²) in [6, 6.07) is 10.9. The Kier molecular flexibility index (Phi) is 7.70. The first-order chi connectivity index (χ1) is 15.8. The van der Waals surface area contributed by atoms with E-state index in [0.717, 1.165) is 0 Å². The number of anilines is 1. The minimum absolute atomic E-state index is 0.135. The molecule has 1 unspecified atom stereocenters. The second kappa shape index (κ2) is 10.5.